The summed E-state index contributed by atoms with van der Waals surface area (Å²) >= 11 is 0. The Bertz CT molecular complexity index is 459. The molecule has 0 bridgehead atoms. The lowest BCUT2D eigenvalue weighted by atomic mass is 10.1. The van der Waals surface area contributed by atoms with Gasteiger partial charge in [0, 0.05) is 6.54 Å². The first kappa shape index (κ1) is 13.9. The first-order valence-electron chi connectivity index (χ1n) is 6.85. The van der Waals surface area contributed by atoms with Gasteiger partial charge >= 0.3 is 5.97 Å². The molecule has 1 aliphatic rings. The normalized spacial score (nSPS) is 20.1. The minimum atomic E-state index is -0.903. The van der Waals surface area contributed by atoms with Crippen LogP contribution < -0.4 is 4.90 Å². The number of aryl methyl sites for hydroxylation is 1. The van der Waals surface area contributed by atoms with E-state index >= 15 is 0 Å². The lowest BCUT2D eigenvalue weighted by molar-refractivity contribution is 0.0697. The van der Waals surface area contributed by atoms with Crippen molar-refractivity contribution in [3.63, 3.8) is 0 Å². The highest BCUT2D eigenvalue weighted by Crippen LogP contribution is 2.28. The largest absolute Gasteiger partial charge is 0.478 e. The van der Waals surface area contributed by atoms with Crippen molar-refractivity contribution in [2.75, 3.05) is 18.1 Å². The summed E-state index contributed by atoms with van der Waals surface area (Å²) in [5.74, 6) is -0.903. The molecule has 2 rings (SSSR count). The lowest BCUT2D eigenvalue weighted by Crippen LogP contribution is -2.38. The van der Waals surface area contributed by atoms with E-state index in [1.807, 2.05) is 19.1 Å². The number of rotatable bonds is 3. The van der Waals surface area contributed by atoms with E-state index in [1.54, 1.807) is 6.07 Å². The van der Waals surface area contributed by atoms with Crippen LogP contribution in [0.1, 0.15) is 41.6 Å². The van der Waals surface area contributed by atoms with Crippen LogP contribution in [0.5, 0.6) is 0 Å². The van der Waals surface area contributed by atoms with E-state index < -0.39 is 5.97 Å². The SMILES string of the molecule is Cc1ccc(N2CCCCCC2CO)c(C(=O)O)c1. The van der Waals surface area contributed by atoms with Crippen molar-refractivity contribution in [2.24, 2.45) is 0 Å². The summed E-state index contributed by atoms with van der Waals surface area (Å²) in [4.78, 5) is 13.5. The zero-order valence-electron chi connectivity index (χ0n) is 11.3. The molecule has 4 heteroatoms. The van der Waals surface area contributed by atoms with Crippen LogP contribution in [0.15, 0.2) is 18.2 Å². The average molecular weight is 263 g/mol. The maximum Gasteiger partial charge on any atom is 0.337 e. The fraction of sp³-hybridized carbons (Fsp3) is 0.533. The number of carbonyl (C=O) groups is 1. The van der Waals surface area contributed by atoms with Crippen LogP contribution in [0.25, 0.3) is 0 Å². The molecule has 1 saturated heterocycles. The lowest BCUT2D eigenvalue weighted by Gasteiger charge is -2.32. The summed E-state index contributed by atoms with van der Waals surface area (Å²) in [6.07, 6.45) is 4.20. The van der Waals surface area contributed by atoms with Gasteiger partial charge in [0.15, 0.2) is 0 Å². The van der Waals surface area contributed by atoms with E-state index in [1.165, 1.54) is 0 Å². The van der Waals surface area contributed by atoms with Crippen LogP contribution in [-0.4, -0.2) is 35.4 Å². The van der Waals surface area contributed by atoms with E-state index in [0.29, 0.717) is 5.56 Å². The molecule has 0 radical (unpaired) electrons. The minimum Gasteiger partial charge on any atom is -0.478 e. The molecule has 1 heterocycles. The molecule has 1 aliphatic heterocycles. The third kappa shape index (κ3) is 3.07. The number of hydrogen-bond donors (Lipinski definition) is 2. The second-order valence-electron chi connectivity index (χ2n) is 5.20. The maximum atomic E-state index is 11.4. The van der Waals surface area contributed by atoms with Crippen LogP contribution in [0, 0.1) is 6.92 Å². The highest BCUT2D eigenvalue weighted by atomic mass is 16.4. The summed E-state index contributed by atoms with van der Waals surface area (Å²) < 4.78 is 0. The van der Waals surface area contributed by atoms with Crippen molar-refractivity contribution < 1.29 is 15.0 Å². The van der Waals surface area contributed by atoms with Gasteiger partial charge in [-0.25, -0.2) is 4.79 Å². The van der Waals surface area contributed by atoms with Crippen molar-refractivity contribution in [2.45, 2.75) is 38.6 Å². The Kier molecular flexibility index (Phi) is 4.43. The Balaban J connectivity index is 2.40. The molecule has 104 valence electrons. The molecule has 1 aromatic rings. The molecule has 0 saturated carbocycles. The van der Waals surface area contributed by atoms with E-state index in [4.69, 9.17) is 0 Å². The summed E-state index contributed by atoms with van der Waals surface area (Å²) in [5.41, 5.74) is 2.01. The number of benzene rings is 1. The van der Waals surface area contributed by atoms with Crippen LogP contribution >= 0.6 is 0 Å². The third-order valence-corrected chi connectivity index (χ3v) is 3.78. The molecule has 19 heavy (non-hydrogen) atoms. The Hall–Kier alpha value is -1.55. The third-order valence-electron chi connectivity index (χ3n) is 3.78. The number of aliphatic hydroxyl groups excluding tert-OH is 1. The van der Waals surface area contributed by atoms with Crippen molar-refractivity contribution in [3.8, 4) is 0 Å². The van der Waals surface area contributed by atoms with Crippen molar-refractivity contribution in [1.82, 2.24) is 0 Å². The number of anilines is 1. The number of aliphatic hydroxyl groups is 1. The van der Waals surface area contributed by atoms with Gasteiger partial charge in [0.1, 0.15) is 0 Å². The maximum absolute atomic E-state index is 11.4. The fourth-order valence-corrected chi connectivity index (χ4v) is 2.76. The molecule has 4 nitrogen and oxygen atoms in total. The van der Waals surface area contributed by atoms with Crippen LogP contribution in [-0.2, 0) is 0 Å². The highest BCUT2D eigenvalue weighted by Gasteiger charge is 2.24. The quantitative estimate of drug-likeness (QED) is 0.879. The molecule has 1 fully saturated rings. The summed E-state index contributed by atoms with van der Waals surface area (Å²) in [7, 11) is 0. The molecule has 2 N–H and O–H groups in total. The molecule has 0 aromatic heterocycles. The smallest absolute Gasteiger partial charge is 0.337 e. The van der Waals surface area contributed by atoms with Crippen molar-refractivity contribution in [3.05, 3.63) is 29.3 Å². The standard InChI is InChI=1S/C15H21NO3/c1-11-6-7-14(13(9-11)15(18)19)16-8-4-2-3-5-12(16)10-17/h6-7,9,12,17H,2-5,8,10H2,1H3,(H,18,19). The molecule has 1 aromatic carbocycles. The topological polar surface area (TPSA) is 60.8 Å². The summed E-state index contributed by atoms with van der Waals surface area (Å²) in [5, 5.41) is 18.9. The number of carboxylic acids is 1. The van der Waals surface area contributed by atoms with Crippen LogP contribution in [0.4, 0.5) is 5.69 Å². The first-order valence-corrected chi connectivity index (χ1v) is 6.85. The molecule has 0 aliphatic carbocycles. The average Bonchev–Trinajstić information content (AvgIpc) is 2.63. The number of aromatic carboxylic acids is 1. The van der Waals surface area contributed by atoms with Crippen molar-refractivity contribution >= 4 is 11.7 Å². The first-order chi connectivity index (χ1) is 9.13. The van der Waals surface area contributed by atoms with Gasteiger partial charge in [-0.05, 0) is 31.9 Å². The number of nitrogens with zero attached hydrogens (tertiary/aromatic N) is 1. The minimum absolute atomic E-state index is 0.0308. The van der Waals surface area contributed by atoms with Gasteiger partial charge in [-0.2, -0.15) is 0 Å². The van der Waals surface area contributed by atoms with E-state index in [0.717, 1.165) is 43.5 Å². The van der Waals surface area contributed by atoms with Gasteiger partial charge in [0.25, 0.3) is 0 Å². The molecule has 0 spiro atoms. The molecular formula is C15H21NO3. The summed E-state index contributed by atoms with van der Waals surface area (Å²) in [6, 6.07) is 5.54. The van der Waals surface area contributed by atoms with E-state index in [2.05, 4.69) is 4.90 Å². The van der Waals surface area contributed by atoms with Gasteiger partial charge in [-0.1, -0.05) is 24.5 Å². The van der Waals surface area contributed by atoms with Crippen LogP contribution in [0.3, 0.4) is 0 Å². The molecule has 1 unspecified atom stereocenters. The van der Waals surface area contributed by atoms with Crippen LogP contribution in [0.2, 0.25) is 0 Å². The molecule has 0 amide bonds. The second kappa shape index (κ2) is 6.06. The zero-order chi connectivity index (χ0) is 13.8. The zero-order valence-corrected chi connectivity index (χ0v) is 11.3. The van der Waals surface area contributed by atoms with E-state index in [-0.39, 0.29) is 12.6 Å². The Labute approximate surface area is 113 Å². The van der Waals surface area contributed by atoms with Gasteiger partial charge in [-0.3, -0.25) is 0 Å². The Morgan fingerprint density at radius 2 is 2.16 bits per heavy atom. The Morgan fingerprint density at radius 1 is 1.37 bits per heavy atom. The molecule has 1 atom stereocenters. The monoisotopic (exact) mass is 263 g/mol. The second-order valence-corrected chi connectivity index (χ2v) is 5.20. The van der Waals surface area contributed by atoms with Gasteiger partial charge in [0.2, 0.25) is 0 Å². The van der Waals surface area contributed by atoms with Gasteiger partial charge in [0.05, 0.1) is 23.9 Å². The summed E-state index contributed by atoms with van der Waals surface area (Å²) in [6.45, 7) is 2.78. The molecular weight excluding hydrogens is 242 g/mol. The predicted octanol–water partition coefficient (Wildman–Crippen LogP) is 2.43. The van der Waals surface area contributed by atoms with E-state index in [9.17, 15) is 15.0 Å². The van der Waals surface area contributed by atoms with Gasteiger partial charge in [-0.15, -0.1) is 0 Å². The number of hydrogen-bond acceptors (Lipinski definition) is 3. The Morgan fingerprint density at radius 3 is 2.84 bits per heavy atom. The highest BCUT2D eigenvalue weighted by molar-refractivity contribution is 5.94. The van der Waals surface area contributed by atoms with Crippen molar-refractivity contribution in [1.29, 1.82) is 0 Å². The van der Waals surface area contributed by atoms with Gasteiger partial charge < -0.3 is 15.1 Å². The number of carboxylic acid groups (broad SMARTS) is 1. The fourth-order valence-electron chi connectivity index (χ4n) is 2.76. The predicted molar refractivity (Wildman–Crippen MR) is 74.8 cm³/mol.